The molecule has 2 rings (SSSR count). The first-order chi connectivity index (χ1) is 16.9. The summed E-state index contributed by atoms with van der Waals surface area (Å²) in [7, 11) is 0. The van der Waals surface area contributed by atoms with Crippen LogP contribution in [0.1, 0.15) is 110 Å². The van der Waals surface area contributed by atoms with Gasteiger partial charge < -0.3 is 20.4 Å². The SMILES string of the molecule is CC(C)(CCCCCCCCCC1CCC(C(=O)O)C(C(=O)O)C1)C1CCC(C(=O)O)C(C(=O)O)C1. The molecule has 8 heteroatoms. The number of hydrogen-bond donors (Lipinski definition) is 4. The van der Waals surface area contributed by atoms with Gasteiger partial charge in [-0.2, -0.15) is 0 Å². The van der Waals surface area contributed by atoms with E-state index in [1.54, 1.807) is 0 Å². The molecule has 0 radical (unpaired) electrons. The van der Waals surface area contributed by atoms with Gasteiger partial charge in [0, 0.05) is 0 Å². The molecule has 6 atom stereocenters. The zero-order valence-corrected chi connectivity index (χ0v) is 22.0. The second-order valence-electron chi connectivity index (χ2n) is 12.0. The fourth-order valence-electron chi connectivity index (χ4n) is 6.64. The summed E-state index contributed by atoms with van der Waals surface area (Å²) in [4.78, 5) is 45.7. The number of carboxylic acids is 4. The van der Waals surface area contributed by atoms with Gasteiger partial charge in [-0.1, -0.05) is 65.2 Å². The van der Waals surface area contributed by atoms with E-state index in [4.69, 9.17) is 0 Å². The minimum absolute atomic E-state index is 0.00459. The van der Waals surface area contributed by atoms with Crippen molar-refractivity contribution in [3.05, 3.63) is 0 Å². The summed E-state index contributed by atoms with van der Waals surface area (Å²) in [5, 5.41) is 37.5. The van der Waals surface area contributed by atoms with Crippen LogP contribution in [0.2, 0.25) is 0 Å². The van der Waals surface area contributed by atoms with Crippen molar-refractivity contribution in [2.45, 2.75) is 110 Å². The monoisotopic (exact) mass is 510 g/mol. The molecule has 6 unspecified atom stereocenters. The van der Waals surface area contributed by atoms with Gasteiger partial charge in [-0.25, -0.2) is 0 Å². The molecule has 4 N–H and O–H groups in total. The molecule has 0 heterocycles. The standard InChI is InChI=1S/C28H46O8/c1-28(2,19-12-14-21(25(31)32)23(17-19)27(35)36)15-9-7-5-3-4-6-8-10-18-11-13-20(24(29)30)22(16-18)26(33)34/h18-23H,3-17H2,1-2H3,(H,29,30)(H,31,32)(H,33,34)(H,35,36). The largest absolute Gasteiger partial charge is 0.481 e. The molecule has 0 saturated heterocycles. The smallest absolute Gasteiger partial charge is 0.307 e. The molecule has 0 aromatic carbocycles. The Morgan fingerprint density at radius 3 is 1.56 bits per heavy atom. The van der Waals surface area contributed by atoms with E-state index in [2.05, 4.69) is 13.8 Å². The summed E-state index contributed by atoms with van der Waals surface area (Å²) in [6.45, 7) is 4.38. The van der Waals surface area contributed by atoms with Crippen LogP contribution in [0.25, 0.3) is 0 Å². The van der Waals surface area contributed by atoms with Gasteiger partial charge in [0.2, 0.25) is 0 Å². The second-order valence-corrected chi connectivity index (χ2v) is 12.0. The van der Waals surface area contributed by atoms with E-state index in [1.807, 2.05) is 0 Å². The highest BCUT2D eigenvalue weighted by molar-refractivity contribution is 5.80. The van der Waals surface area contributed by atoms with Crippen molar-refractivity contribution in [2.75, 3.05) is 0 Å². The maximum atomic E-state index is 11.6. The van der Waals surface area contributed by atoms with Crippen molar-refractivity contribution in [2.24, 2.45) is 40.9 Å². The van der Waals surface area contributed by atoms with Gasteiger partial charge in [0.05, 0.1) is 23.7 Å². The predicted octanol–water partition coefficient (Wildman–Crippen LogP) is 5.93. The number of aliphatic carboxylic acids is 4. The molecule has 2 aliphatic rings. The van der Waals surface area contributed by atoms with Crippen molar-refractivity contribution in [1.82, 2.24) is 0 Å². The normalized spacial score (nSPS) is 28.9. The predicted molar refractivity (Wildman–Crippen MR) is 135 cm³/mol. The van der Waals surface area contributed by atoms with E-state index in [1.165, 1.54) is 0 Å². The van der Waals surface area contributed by atoms with Crippen LogP contribution in [-0.2, 0) is 19.2 Å². The Labute approximate surface area is 214 Å². The molecule has 2 aliphatic carbocycles. The molecular weight excluding hydrogens is 464 g/mol. The van der Waals surface area contributed by atoms with Gasteiger partial charge in [0.1, 0.15) is 0 Å². The fraction of sp³-hybridized carbons (Fsp3) is 0.857. The van der Waals surface area contributed by atoms with Crippen molar-refractivity contribution in [1.29, 1.82) is 0 Å². The zero-order chi connectivity index (χ0) is 26.9. The van der Waals surface area contributed by atoms with Crippen LogP contribution in [0, 0.1) is 40.9 Å². The lowest BCUT2D eigenvalue weighted by Gasteiger charge is -2.41. The van der Waals surface area contributed by atoms with Crippen molar-refractivity contribution < 1.29 is 39.6 Å². The summed E-state index contributed by atoms with van der Waals surface area (Å²) in [6.07, 6.45) is 13.3. The molecule has 2 fully saturated rings. The number of unbranched alkanes of at least 4 members (excludes halogenated alkanes) is 6. The average molecular weight is 511 g/mol. The Bertz CT molecular complexity index is 761. The average Bonchev–Trinajstić information content (AvgIpc) is 2.82. The Morgan fingerprint density at radius 2 is 1.03 bits per heavy atom. The minimum Gasteiger partial charge on any atom is -0.481 e. The lowest BCUT2D eigenvalue weighted by Crippen LogP contribution is -2.39. The van der Waals surface area contributed by atoms with Crippen LogP contribution in [-0.4, -0.2) is 44.3 Å². The van der Waals surface area contributed by atoms with Gasteiger partial charge in [0.15, 0.2) is 0 Å². The van der Waals surface area contributed by atoms with E-state index in [-0.39, 0.29) is 11.3 Å². The Kier molecular flexibility index (Phi) is 11.7. The van der Waals surface area contributed by atoms with E-state index >= 15 is 0 Å². The molecule has 8 nitrogen and oxygen atoms in total. The lowest BCUT2D eigenvalue weighted by molar-refractivity contribution is -0.157. The highest BCUT2D eigenvalue weighted by Gasteiger charge is 2.43. The van der Waals surface area contributed by atoms with Gasteiger partial charge in [-0.3, -0.25) is 19.2 Å². The lowest BCUT2D eigenvalue weighted by atomic mass is 9.63. The van der Waals surface area contributed by atoms with Crippen LogP contribution < -0.4 is 0 Å². The Balaban J connectivity index is 1.58. The summed E-state index contributed by atoms with van der Waals surface area (Å²) in [5.74, 6) is -6.46. The van der Waals surface area contributed by atoms with Crippen LogP contribution in [0.3, 0.4) is 0 Å². The highest BCUT2D eigenvalue weighted by atomic mass is 16.4. The highest BCUT2D eigenvalue weighted by Crippen LogP contribution is 2.45. The zero-order valence-electron chi connectivity index (χ0n) is 22.0. The Hall–Kier alpha value is -2.12. The quantitative estimate of drug-likeness (QED) is 0.198. The first-order valence-corrected chi connectivity index (χ1v) is 13.8. The molecule has 0 spiro atoms. The maximum absolute atomic E-state index is 11.6. The molecular formula is C28H46O8. The first-order valence-electron chi connectivity index (χ1n) is 13.8. The van der Waals surface area contributed by atoms with E-state index in [0.29, 0.717) is 31.6 Å². The summed E-state index contributed by atoms with van der Waals surface area (Å²) >= 11 is 0. The third-order valence-electron chi connectivity index (χ3n) is 9.12. The van der Waals surface area contributed by atoms with Gasteiger partial charge >= 0.3 is 23.9 Å². The molecule has 0 aromatic heterocycles. The molecule has 2 saturated carbocycles. The number of rotatable bonds is 15. The third-order valence-corrected chi connectivity index (χ3v) is 9.12. The molecule has 0 aromatic rings. The van der Waals surface area contributed by atoms with Crippen molar-refractivity contribution in [3.63, 3.8) is 0 Å². The van der Waals surface area contributed by atoms with Gasteiger partial charge in [0.25, 0.3) is 0 Å². The van der Waals surface area contributed by atoms with Crippen LogP contribution in [0.4, 0.5) is 0 Å². The summed E-state index contributed by atoms with van der Waals surface area (Å²) in [5.41, 5.74) is 0.00459. The fourth-order valence-corrected chi connectivity index (χ4v) is 6.64. The van der Waals surface area contributed by atoms with Crippen molar-refractivity contribution >= 4 is 23.9 Å². The number of carboxylic acid groups (broad SMARTS) is 4. The topological polar surface area (TPSA) is 149 Å². The van der Waals surface area contributed by atoms with Crippen molar-refractivity contribution in [3.8, 4) is 0 Å². The van der Waals surface area contributed by atoms with E-state index < -0.39 is 47.5 Å². The van der Waals surface area contributed by atoms with Crippen LogP contribution >= 0.6 is 0 Å². The number of hydrogen-bond acceptors (Lipinski definition) is 4. The summed E-state index contributed by atoms with van der Waals surface area (Å²) in [6, 6.07) is 0. The molecule has 36 heavy (non-hydrogen) atoms. The summed E-state index contributed by atoms with van der Waals surface area (Å²) < 4.78 is 0. The Morgan fingerprint density at radius 1 is 0.583 bits per heavy atom. The van der Waals surface area contributed by atoms with E-state index in [9.17, 15) is 39.6 Å². The van der Waals surface area contributed by atoms with Crippen LogP contribution in [0.5, 0.6) is 0 Å². The minimum atomic E-state index is -0.992. The first kappa shape index (κ1) is 30.1. The van der Waals surface area contributed by atoms with Gasteiger partial charge in [-0.05, 0) is 62.2 Å². The molecule has 206 valence electrons. The molecule has 0 aliphatic heterocycles. The number of carbonyl (C=O) groups is 4. The molecule has 0 bridgehead atoms. The van der Waals surface area contributed by atoms with E-state index in [0.717, 1.165) is 70.6 Å². The van der Waals surface area contributed by atoms with Crippen LogP contribution in [0.15, 0.2) is 0 Å². The third kappa shape index (κ3) is 8.77. The maximum Gasteiger partial charge on any atom is 0.307 e. The second kappa shape index (κ2) is 14.0. The van der Waals surface area contributed by atoms with Gasteiger partial charge in [-0.15, -0.1) is 0 Å². The molecule has 0 amide bonds.